The summed E-state index contributed by atoms with van der Waals surface area (Å²) in [4.78, 5) is 5.76. The first-order valence-electron chi connectivity index (χ1n) is 7.35. The molecule has 0 saturated heterocycles. The van der Waals surface area contributed by atoms with Crippen LogP contribution < -0.4 is 10.6 Å². The van der Waals surface area contributed by atoms with Crippen molar-refractivity contribution >= 4 is 67.0 Å². The molecule has 0 unspecified atom stereocenters. The number of hydrogen-bond acceptors (Lipinski definition) is 4. The van der Waals surface area contributed by atoms with Crippen LogP contribution in [0.4, 0.5) is 0 Å². The fraction of sp³-hybridized carbons (Fsp3) is 0.312. The summed E-state index contributed by atoms with van der Waals surface area (Å²) in [5.41, 5.74) is 1.08. The van der Waals surface area contributed by atoms with E-state index in [0.717, 1.165) is 29.0 Å². The Balaban J connectivity index is 0.00000312. The van der Waals surface area contributed by atoms with Crippen molar-refractivity contribution in [3.05, 3.63) is 50.6 Å². The fourth-order valence-corrected chi connectivity index (χ4v) is 4.09. The third-order valence-electron chi connectivity index (χ3n) is 3.33. The van der Waals surface area contributed by atoms with Crippen LogP contribution in [0.2, 0.25) is 0 Å². The van der Waals surface area contributed by atoms with E-state index in [2.05, 4.69) is 37.6 Å². The molecule has 0 spiro atoms. The van der Waals surface area contributed by atoms with Crippen LogP contribution in [0, 0.1) is 0 Å². The normalized spacial score (nSPS) is 11.7. The van der Waals surface area contributed by atoms with Crippen LogP contribution in [-0.4, -0.2) is 34.2 Å². The van der Waals surface area contributed by atoms with Crippen LogP contribution >= 0.6 is 51.2 Å². The number of hydrogen-bond donors (Lipinski definition) is 2. The zero-order chi connectivity index (χ0) is 17.6. The number of aliphatic imine (C=N–C) groups is 1. The smallest absolute Gasteiger partial charge is 0.191 e. The lowest BCUT2D eigenvalue weighted by molar-refractivity contribution is 0.602. The molecule has 25 heavy (non-hydrogen) atoms. The summed E-state index contributed by atoms with van der Waals surface area (Å²) < 4.78 is 24.0. The van der Waals surface area contributed by atoms with Gasteiger partial charge in [0, 0.05) is 34.6 Å². The molecule has 0 aliphatic carbocycles. The first-order chi connectivity index (χ1) is 11.4. The second-order valence-electron chi connectivity index (χ2n) is 5.25. The Morgan fingerprint density at radius 2 is 1.92 bits per heavy atom. The van der Waals surface area contributed by atoms with Crippen molar-refractivity contribution in [2.75, 3.05) is 19.8 Å². The number of benzene rings is 1. The minimum absolute atomic E-state index is 0. The number of halogens is 2. The van der Waals surface area contributed by atoms with Gasteiger partial charge in [-0.3, -0.25) is 4.99 Å². The lowest BCUT2D eigenvalue weighted by Crippen LogP contribution is -2.37. The molecular weight excluding hydrogens is 537 g/mol. The summed E-state index contributed by atoms with van der Waals surface area (Å²) in [6.07, 6.45) is 2.00. The first kappa shape index (κ1) is 22.4. The van der Waals surface area contributed by atoms with Crippen molar-refractivity contribution in [3.63, 3.8) is 0 Å². The number of guanidine groups is 1. The Labute approximate surface area is 178 Å². The highest BCUT2D eigenvalue weighted by Crippen LogP contribution is 2.19. The molecule has 0 radical (unpaired) electrons. The van der Waals surface area contributed by atoms with E-state index < -0.39 is 9.84 Å². The number of nitrogens with one attached hydrogen (secondary N) is 2. The Morgan fingerprint density at radius 3 is 2.44 bits per heavy atom. The van der Waals surface area contributed by atoms with Crippen LogP contribution in [0.5, 0.6) is 0 Å². The van der Waals surface area contributed by atoms with Crippen molar-refractivity contribution < 1.29 is 8.42 Å². The molecule has 0 bridgehead atoms. The molecule has 1 aromatic carbocycles. The zero-order valence-corrected chi connectivity index (χ0v) is 19.5. The van der Waals surface area contributed by atoms with E-state index in [1.165, 1.54) is 11.1 Å². The molecule has 1 aromatic heterocycles. The molecule has 5 nitrogen and oxygen atoms in total. The summed E-state index contributed by atoms with van der Waals surface area (Å²) in [6.45, 7) is 1.44. The molecule has 0 atom stereocenters. The predicted molar refractivity (Wildman–Crippen MR) is 119 cm³/mol. The van der Waals surface area contributed by atoms with E-state index in [0.29, 0.717) is 11.4 Å². The lowest BCUT2D eigenvalue weighted by atomic mass is 10.1. The van der Waals surface area contributed by atoms with Crippen molar-refractivity contribution in [3.8, 4) is 0 Å². The van der Waals surface area contributed by atoms with E-state index in [9.17, 15) is 8.42 Å². The van der Waals surface area contributed by atoms with E-state index in [1.54, 1.807) is 30.5 Å². The van der Waals surface area contributed by atoms with E-state index in [1.807, 2.05) is 17.5 Å². The molecule has 1 heterocycles. The van der Waals surface area contributed by atoms with Crippen molar-refractivity contribution in [2.45, 2.75) is 17.9 Å². The number of nitrogens with zero attached hydrogens (tertiary/aromatic N) is 1. The Bertz CT molecular complexity index is 805. The van der Waals surface area contributed by atoms with E-state index in [4.69, 9.17) is 0 Å². The van der Waals surface area contributed by atoms with E-state index >= 15 is 0 Å². The minimum Gasteiger partial charge on any atom is -0.356 e. The van der Waals surface area contributed by atoms with Crippen LogP contribution in [-0.2, 0) is 22.8 Å². The number of sulfone groups is 1. The Morgan fingerprint density at radius 1 is 1.24 bits per heavy atom. The van der Waals surface area contributed by atoms with Gasteiger partial charge in [-0.2, -0.15) is 0 Å². The quantitative estimate of drug-likeness (QED) is 0.324. The van der Waals surface area contributed by atoms with Gasteiger partial charge in [-0.1, -0.05) is 12.1 Å². The monoisotopic (exact) mass is 557 g/mol. The Kier molecular flexibility index (Phi) is 9.39. The van der Waals surface area contributed by atoms with Crippen LogP contribution in [0.25, 0.3) is 0 Å². The van der Waals surface area contributed by atoms with Gasteiger partial charge in [0.25, 0.3) is 0 Å². The maximum Gasteiger partial charge on any atom is 0.191 e. The van der Waals surface area contributed by atoms with E-state index in [-0.39, 0.29) is 24.0 Å². The van der Waals surface area contributed by atoms with Crippen LogP contribution in [0.15, 0.2) is 50.1 Å². The second-order valence-corrected chi connectivity index (χ2v) is 9.18. The summed E-state index contributed by atoms with van der Waals surface area (Å²) in [5, 5.41) is 8.57. The number of thiophene rings is 1. The molecule has 0 fully saturated rings. The van der Waals surface area contributed by atoms with Crippen LogP contribution in [0.3, 0.4) is 0 Å². The van der Waals surface area contributed by atoms with Gasteiger partial charge in [-0.25, -0.2) is 8.42 Å². The average molecular weight is 558 g/mol. The summed E-state index contributed by atoms with van der Waals surface area (Å²) in [7, 11) is -1.40. The molecule has 0 saturated carbocycles. The molecule has 138 valence electrons. The fourth-order valence-electron chi connectivity index (χ4n) is 2.07. The van der Waals surface area contributed by atoms with Crippen molar-refractivity contribution in [2.24, 2.45) is 4.99 Å². The highest BCUT2D eigenvalue weighted by Gasteiger charge is 2.06. The van der Waals surface area contributed by atoms with Gasteiger partial charge in [0.15, 0.2) is 15.8 Å². The van der Waals surface area contributed by atoms with Gasteiger partial charge in [0.1, 0.15) is 0 Å². The standard InChI is InChI=1S/C16H20BrN3O2S2.HI/c1-18-16(20-10-14-9-13(17)11-23-14)19-8-7-12-3-5-15(6-4-12)24(2,21)22;/h3-6,9,11H,7-8,10H2,1-2H3,(H2,18,19,20);1H. The third kappa shape index (κ3) is 7.63. The summed E-state index contributed by atoms with van der Waals surface area (Å²) >= 11 is 5.13. The molecule has 0 amide bonds. The second kappa shape index (κ2) is 10.5. The molecule has 0 aliphatic rings. The molecule has 2 N–H and O–H groups in total. The minimum atomic E-state index is -3.14. The molecular formula is C16H21BrIN3O2S2. The van der Waals surface area contributed by atoms with Gasteiger partial charge in [0.2, 0.25) is 0 Å². The highest BCUT2D eigenvalue weighted by molar-refractivity contribution is 14.0. The van der Waals surface area contributed by atoms with Gasteiger partial charge < -0.3 is 10.6 Å². The van der Waals surface area contributed by atoms with Gasteiger partial charge in [-0.15, -0.1) is 35.3 Å². The van der Waals surface area contributed by atoms with Gasteiger partial charge in [-0.05, 0) is 46.1 Å². The van der Waals surface area contributed by atoms with Gasteiger partial charge in [0.05, 0.1) is 11.4 Å². The third-order valence-corrected chi connectivity index (χ3v) is 6.16. The molecule has 0 aliphatic heterocycles. The number of rotatable bonds is 6. The summed E-state index contributed by atoms with van der Waals surface area (Å²) in [5.74, 6) is 0.743. The van der Waals surface area contributed by atoms with Crippen molar-refractivity contribution in [1.29, 1.82) is 0 Å². The van der Waals surface area contributed by atoms with Crippen LogP contribution in [0.1, 0.15) is 10.4 Å². The largest absolute Gasteiger partial charge is 0.356 e. The SMILES string of the molecule is CN=C(NCCc1ccc(S(C)(=O)=O)cc1)NCc1cc(Br)cs1.I. The molecule has 2 rings (SSSR count). The molecule has 9 heteroatoms. The average Bonchev–Trinajstić information content (AvgIpc) is 2.96. The maximum absolute atomic E-state index is 11.4. The maximum atomic E-state index is 11.4. The predicted octanol–water partition coefficient (Wildman–Crippen LogP) is 3.44. The topological polar surface area (TPSA) is 70.6 Å². The summed E-state index contributed by atoms with van der Waals surface area (Å²) in [6, 6.07) is 9.06. The highest BCUT2D eigenvalue weighted by atomic mass is 127. The first-order valence-corrected chi connectivity index (χ1v) is 10.9. The van der Waals surface area contributed by atoms with Gasteiger partial charge >= 0.3 is 0 Å². The lowest BCUT2D eigenvalue weighted by Gasteiger charge is -2.11. The Hall–Kier alpha value is -0.650. The zero-order valence-electron chi connectivity index (χ0n) is 14.0. The molecule has 2 aromatic rings. The van der Waals surface area contributed by atoms with Crippen molar-refractivity contribution in [1.82, 2.24) is 10.6 Å².